The average Bonchev–Trinajstić information content (AvgIpc) is 3.33. The van der Waals surface area contributed by atoms with Crippen molar-refractivity contribution >= 4 is 33.5 Å². The van der Waals surface area contributed by atoms with Crippen LogP contribution in [0.4, 0.5) is 4.39 Å². The molecule has 0 radical (unpaired) electrons. The lowest BCUT2D eigenvalue weighted by Gasteiger charge is -2.36. The number of hydrogen-bond donors (Lipinski definition) is 0. The van der Waals surface area contributed by atoms with Gasteiger partial charge in [-0.3, -0.25) is 0 Å². The fourth-order valence-corrected chi connectivity index (χ4v) is 5.63. The maximum absolute atomic E-state index is 13.3. The molecular weight excluding hydrogens is 443 g/mol. The molecule has 0 unspecified atom stereocenters. The molecule has 0 spiro atoms. The number of rotatable bonds is 6. The quantitative estimate of drug-likeness (QED) is 0.431. The van der Waals surface area contributed by atoms with Crippen LogP contribution in [0.2, 0.25) is 0 Å². The van der Waals surface area contributed by atoms with E-state index in [4.69, 9.17) is 9.47 Å². The van der Waals surface area contributed by atoms with Crippen molar-refractivity contribution in [2.24, 2.45) is 17.8 Å². The van der Waals surface area contributed by atoms with Crippen molar-refractivity contribution in [1.82, 2.24) is 9.78 Å². The summed E-state index contributed by atoms with van der Waals surface area (Å²) in [6.45, 7) is 7.91. The first kappa shape index (κ1) is 23.4. The smallest absolute Gasteiger partial charge is 0.348 e. The van der Waals surface area contributed by atoms with Crippen molar-refractivity contribution in [3.05, 3.63) is 46.7 Å². The molecule has 0 N–H and O–H groups in total. The lowest BCUT2D eigenvalue weighted by Crippen LogP contribution is -2.36. The summed E-state index contributed by atoms with van der Waals surface area (Å²) in [6.07, 6.45) is 2.90. The summed E-state index contributed by atoms with van der Waals surface area (Å²) in [5, 5.41) is 5.31. The molecule has 4 rings (SSSR count). The number of hydrogen-bond acceptors (Lipinski definition) is 6. The normalized spacial score (nSPS) is 20.8. The molecule has 1 aliphatic rings. The Labute approximate surface area is 196 Å². The highest BCUT2D eigenvalue weighted by molar-refractivity contribution is 7.20. The van der Waals surface area contributed by atoms with Crippen LogP contribution in [0.25, 0.3) is 15.9 Å². The number of nitrogens with zero attached hydrogens (tertiary/aromatic N) is 2. The highest BCUT2D eigenvalue weighted by atomic mass is 32.1. The van der Waals surface area contributed by atoms with E-state index < -0.39 is 18.5 Å². The number of aryl methyl sites for hydroxylation is 1. The molecule has 8 heteroatoms. The van der Waals surface area contributed by atoms with Gasteiger partial charge in [-0.05, 0) is 67.9 Å². The van der Waals surface area contributed by atoms with Crippen LogP contribution in [0.1, 0.15) is 55.4 Å². The molecular formula is C25H29FN2O4S. The standard InChI is InChI=1S/C25H29FN2O4S/c1-14(2)19-10-5-15(3)11-21(19)32-23(29)13-31-25(30)22-12-20-16(4)27-28(24(20)33-22)18-8-6-17(26)7-9-18/h6-9,12,14-15,19,21H,5,10-11,13H2,1-4H3/t15-,19-,21-/m0/s1. The van der Waals surface area contributed by atoms with Gasteiger partial charge in [-0.15, -0.1) is 11.3 Å². The summed E-state index contributed by atoms with van der Waals surface area (Å²) in [4.78, 5) is 26.2. The second-order valence-corrected chi connectivity index (χ2v) is 10.3. The maximum atomic E-state index is 13.3. The summed E-state index contributed by atoms with van der Waals surface area (Å²) in [7, 11) is 0. The largest absolute Gasteiger partial charge is 0.460 e. The minimum atomic E-state index is -0.573. The Morgan fingerprint density at radius 2 is 1.97 bits per heavy atom. The number of esters is 2. The number of aromatic nitrogens is 2. The van der Waals surface area contributed by atoms with Crippen LogP contribution >= 0.6 is 11.3 Å². The number of benzene rings is 1. The molecule has 33 heavy (non-hydrogen) atoms. The number of carbonyl (C=O) groups excluding carboxylic acids is 2. The first-order chi connectivity index (χ1) is 15.7. The Hall–Kier alpha value is -2.74. The number of halogens is 1. The van der Waals surface area contributed by atoms with E-state index in [9.17, 15) is 14.0 Å². The number of fused-ring (bicyclic) bond motifs is 1. The van der Waals surface area contributed by atoms with Crippen LogP contribution in [-0.2, 0) is 14.3 Å². The molecule has 2 aromatic heterocycles. The third kappa shape index (κ3) is 5.11. The second kappa shape index (κ2) is 9.63. The van der Waals surface area contributed by atoms with Crippen LogP contribution < -0.4 is 0 Å². The minimum absolute atomic E-state index is 0.131. The predicted molar refractivity (Wildman–Crippen MR) is 125 cm³/mol. The Morgan fingerprint density at radius 1 is 1.24 bits per heavy atom. The highest BCUT2D eigenvalue weighted by Crippen LogP contribution is 2.35. The summed E-state index contributed by atoms with van der Waals surface area (Å²) in [5.41, 5.74) is 1.44. The topological polar surface area (TPSA) is 70.4 Å². The van der Waals surface area contributed by atoms with Gasteiger partial charge in [0.1, 0.15) is 21.6 Å². The molecule has 3 atom stereocenters. The summed E-state index contributed by atoms with van der Waals surface area (Å²) in [6, 6.07) is 7.71. The number of carbonyl (C=O) groups is 2. The Bertz CT molecular complexity index is 1150. The van der Waals surface area contributed by atoms with Crippen LogP contribution in [-0.4, -0.2) is 34.4 Å². The van der Waals surface area contributed by atoms with Crippen LogP contribution in [0.15, 0.2) is 30.3 Å². The first-order valence-corrected chi connectivity index (χ1v) is 12.2. The summed E-state index contributed by atoms with van der Waals surface area (Å²) >= 11 is 1.22. The van der Waals surface area contributed by atoms with Crippen molar-refractivity contribution < 1.29 is 23.5 Å². The third-order valence-corrected chi connectivity index (χ3v) is 7.47. The first-order valence-electron chi connectivity index (χ1n) is 11.3. The molecule has 0 aliphatic heterocycles. The third-order valence-electron chi connectivity index (χ3n) is 6.38. The average molecular weight is 473 g/mol. The molecule has 0 amide bonds. The Morgan fingerprint density at radius 3 is 2.67 bits per heavy atom. The Kier molecular flexibility index (Phi) is 6.83. The van der Waals surface area contributed by atoms with Gasteiger partial charge in [0.05, 0.1) is 11.4 Å². The zero-order chi connectivity index (χ0) is 23.7. The van der Waals surface area contributed by atoms with Gasteiger partial charge >= 0.3 is 11.9 Å². The van der Waals surface area contributed by atoms with Crippen LogP contribution in [0.3, 0.4) is 0 Å². The molecule has 6 nitrogen and oxygen atoms in total. The van der Waals surface area contributed by atoms with Crippen molar-refractivity contribution in [2.75, 3.05) is 6.61 Å². The van der Waals surface area contributed by atoms with Gasteiger partial charge in [0, 0.05) is 5.39 Å². The molecule has 0 bridgehead atoms. The SMILES string of the molecule is Cc1nn(-c2ccc(F)cc2)c2sc(C(=O)OCC(=O)O[C@H]3C[C@@H](C)CC[C@H]3C(C)C)cc12. The lowest BCUT2D eigenvalue weighted by atomic mass is 9.75. The molecule has 1 aromatic carbocycles. The lowest BCUT2D eigenvalue weighted by molar-refractivity contribution is -0.159. The number of ether oxygens (including phenoxy) is 2. The molecule has 1 saturated carbocycles. The molecule has 1 fully saturated rings. The van der Waals surface area contributed by atoms with Gasteiger partial charge in [-0.2, -0.15) is 5.10 Å². The van der Waals surface area contributed by atoms with E-state index in [1.54, 1.807) is 22.9 Å². The molecule has 3 aromatic rings. The van der Waals surface area contributed by atoms with Gasteiger partial charge in [0.25, 0.3) is 0 Å². The fourth-order valence-electron chi connectivity index (χ4n) is 4.55. The van der Waals surface area contributed by atoms with Crippen molar-refractivity contribution in [1.29, 1.82) is 0 Å². The van der Waals surface area contributed by atoms with E-state index in [0.29, 0.717) is 28.3 Å². The van der Waals surface area contributed by atoms with Gasteiger partial charge in [0.2, 0.25) is 0 Å². The van der Waals surface area contributed by atoms with E-state index in [0.717, 1.165) is 35.2 Å². The van der Waals surface area contributed by atoms with E-state index in [1.165, 1.54) is 23.5 Å². The van der Waals surface area contributed by atoms with E-state index in [2.05, 4.69) is 25.9 Å². The van der Waals surface area contributed by atoms with E-state index in [-0.39, 0.29) is 11.9 Å². The van der Waals surface area contributed by atoms with Crippen molar-refractivity contribution in [3.8, 4) is 5.69 Å². The minimum Gasteiger partial charge on any atom is -0.460 e. The van der Waals surface area contributed by atoms with E-state index in [1.807, 2.05) is 6.92 Å². The monoisotopic (exact) mass is 472 g/mol. The van der Waals surface area contributed by atoms with E-state index >= 15 is 0 Å². The molecule has 0 saturated heterocycles. The summed E-state index contributed by atoms with van der Waals surface area (Å²) in [5.74, 6) is -0.133. The van der Waals surface area contributed by atoms with Gasteiger partial charge < -0.3 is 9.47 Å². The fraction of sp³-hybridized carbons (Fsp3) is 0.480. The number of thiophene rings is 1. The zero-order valence-electron chi connectivity index (χ0n) is 19.3. The van der Waals surface area contributed by atoms with Gasteiger partial charge in [-0.1, -0.05) is 27.2 Å². The van der Waals surface area contributed by atoms with Gasteiger partial charge in [0.15, 0.2) is 6.61 Å². The van der Waals surface area contributed by atoms with Crippen molar-refractivity contribution in [2.45, 2.75) is 53.1 Å². The van der Waals surface area contributed by atoms with Gasteiger partial charge in [-0.25, -0.2) is 18.7 Å². The van der Waals surface area contributed by atoms with Crippen molar-refractivity contribution in [3.63, 3.8) is 0 Å². The van der Waals surface area contributed by atoms with Crippen LogP contribution in [0, 0.1) is 30.5 Å². The Balaban J connectivity index is 1.42. The predicted octanol–water partition coefficient (Wildman–Crippen LogP) is 5.70. The second-order valence-electron chi connectivity index (χ2n) is 9.23. The highest BCUT2D eigenvalue weighted by Gasteiger charge is 2.33. The molecule has 2 heterocycles. The summed E-state index contributed by atoms with van der Waals surface area (Å²) < 4.78 is 25.9. The molecule has 176 valence electrons. The van der Waals surface area contributed by atoms with Crippen LogP contribution in [0.5, 0.6) is 0 Å². The zero-order valence-corrected chi connectivity index (χ0v) is 20.2. The maximum Gasteiger partial charge on any atom is 0.348 e. The molecule has 1 aliphatic carbocycles.